The molecule has 1 fully saturated rings. The SMILES string of the molecule is CC1=CC[C@H]2COC(c3cccnc3)[C@H]1C2. The van der Waals surface area contributed by atoms with Gasteiger partial charge in [-0.1, -0.05) is 17.7 Å². The van der Waals surface area contributed by atoms with Crippen LogP contribution in [0.25, 0.3) is 0 Å². The summed E-state index contributed by atoms with van der Waals surface area (Å²) < 4.78 is 6.02. The standard InChI is InChI=1S/C14H17NO/c1-10-4-5-11-7-13(10)14(16-9-11)12-3-2-6-15-8-12/h2-4,6,8,11,13-14H,5,7,9H2,1H3/t11-,13+,14?/m1/s1. The van der Waals surface area contributed by atoms with Crippen LogP contribution >= 0.6 is 0 Å². The lowest BCUT2D eigenvalue weighted by atomic mass is 9.75. The molecule has 0 amide bonds. The molecule has 1 unspecified atom stereocenters. The van der Waals surface area contributed by atoms with Crippen molar-refractivity contribution >= 4 is 0 Å². The molecule has 0 N–H and O–H groups in total. The second-order valence-corrected chi connectivity index (χ2v) is 4.93. The van der Waals surface area contributed by atoms with Gasteiger partial charge in [-0.3, -0.25) is 4.98 Å². The van der Waals surface area contributed by atoms with Crippen molar-refractivity contribution in [3.05, 3.63) is 41.7 Å². The number of hydrogen-bond acceptors (Lipinski definition) is 2. The Kier molecular flexibility index (Phi) is 2.52. The van der Waals surface area contributed by atoms with E-state index in [4.69, 9.17) is 4.74 Å². The summed E-state index contributed by atoms with van der Waals surface area (Å²) in [4.78, 5) is 4.19. The molecule has 2 nitrogen and oxygen atoms in total. The van der Waals surface area contributed by atoms with Crippen molar-refractivity contribution in [1.29, 1.82) is 0 Å². The van der Waals surface area contributed by atoms with Gasteiger partial charge in [-0.05, 0) is 37.3 Å². The zero-order valence-corrected chi connectivity index (χ0v) is 9.60. The molecular weight excluding hydrogens is 198 g/mol. The Labute approximate surface area is 96.3 Å². The Bertz CT molecular complexity index is 398. The third-order valence-electron chi connectivity index (χ3n) is 3.84. The van der Waals surface area contributed by atoms with Crippen LogP contribution in [0, 0.1) is 11.8 Å². The quantitative estimate of drug-likeness (QED) is 0.671. The second kappa shape index (κ2) is 4.02. The summed E-state index contributed by atoms with van der Waals surface area (Å²) in [5.41, 5.74) is 2.71. The lowest BCUT2D eigenvalue weighted by molar-refractivity contribution is -0.0514. The van der Waals surface area contributed by atoms with E-state index in [1.165, 1.54) is 24.0 Å². The molecule has 84 valence electrons. The third-order valence-corrected chi connectivity index (χ3v) is 3.84. The molecule has 0 radical (unpaired) electrons. The topological polar surface area (TPSA) is 22.1 Å². The number of aromatic nitrogens is 1. The van der Waals surface area contributed by atoms with E-state index in [9.17, 15) is 0 Å². The molecular formula is C14H17NO. The molecule has 2 heterocycles. The fourth-order valence-electron chi connectivity index (χ4n) is 2.87. The zero-order chi connectivity index (χ0) is 11.0. The zero-order valence-electron chi connectivity index (χ0n) is 9.60. The van der Waals surface area contributed by atoms with Gasteiger partial charge in [0.25, 0.3) is 0 Å². The van der Waals surface area contributed by atoms with Crippen LogP contribution in [0.1, 0.15) is 31.4 Å². The average molecular weight is 215 g/mol. The lowest BCUT2D eigenvalue weighted by Crippen LogP contribution is -2.32. The fraction of sp³-hybridized carbons (Fsp3) is 0.500. The summed E-state index contributed by atoms with van der Waals surface area (Å²) in [6, 6.07) is 4.12. The predicted molar refractivity (Wildman–Crippen MR) is 62.9 cm³/mol. The van der Waals surface area contributed by atoms with Crippen molar-refractivity contribution in [3.63, 3.8) is 0 Å². The number of allylic oxidation sites excluding steroid dienone is 1. The molecule has 1 saturated heterocycles. The van der Waals surface area contributed by atoms with Crippen molar-refractivity contribution in [2.24, 2.45) is 11.8 Å². The van der Waals surface area contributed by atoms with Crippen LogP contribution in [-0.4, -0.2) is 11.6 Å². The Hall–Kier alpha value is -1.15. The number of nitrogens with zero attached hydrogens (tertiary/aromatic N) is 1. The summed E-state index contributed by atoms with van der Waals surface area (Å²) >= 11 is 0. The number of pyridine rings is 1. The molecule has 0 spiro atoms. The van der Waals surface area contributed by atoms with Gasteiger partial charge < -0.3 is 4.74 Å². The van der Waals surface area contributed by atoms with E-state index < -0.39 is 0 Å². The van der Waals surface area contributed by atoms with Gasteiger partial charge in [0.2, 0.25) is 0 Å². The van der Waals surface area contributed by atoms with E-state index in [2.05, 4.69) is 24.1 Å². The number of hydrogen-bond donors (Lipinski definition) is 0. The maximum atomic E-state index is 6.02. The molecule has 1 aliphatic carbocycles. The van der Waals surface area contributed by atoms with Gasteiger partial charge in [-0.15, -0.1) is 0 Å². The first-order valence-corrected chi connectivity index (χ1v) is 6.03. The Morgan fingerprint density at radius 1 is 1.44 bits per heavy atom. The van der Waals surface area contributed by atoms with Crippen LogP contribution in [0.2, 0.25) is 0 Å². The summed E-state index contributed by atoms with van der Waals surface area (Å²) in [6.45, 7) is 3.14. The van der Waals surface area contributed by atoms with Crippen LogP contribution in [0.15, 0.2) is 36.2 Å². The number of ether oxygens (including phenoxy) is 1. The molecule has 1 aliphatic heterocycles. The largest absolute Gasteiger partial charge is 0.373 e. The monoisotopic (exact) mass is 215 g/mol. The van der Waals surface area contributed by atoms with Gasteiger partial charge >= 0.3 is 0 Å². The average Bonchev–Trinajstić information content (AvgIpc) is 2.36. The molecule has 2 bridgehead atoms. The maximum absolute atomic E-state index is 6.02. The van der Waals surface area contributed by atoms with E-state index >= 15 is 0 Å². The van der Waals surface area contributed by atoms with Crippen molar-refractivity contribution in [2.45, 2.75) is 25.9 Å². The van der Waals surface area contributed by atoms with E-state index in [0.717, 1.165) is 12.5 Å². The van der Waals surface area contributed by atoms with Crippen LogP contribution in [0.4, 0.5) is 0 Å². The third kappa shape index (κ3) is 1.67. The van der Waals surface area contributed by atoms with Gasteiger partial charge in [0.15, 0.2) is 0 Å². The predicted octanol–water partition coefficient (Wildman–Crippen LogP) is 3.13. The summed E-state index contributed by atoms with van der Waals surface area (Å²) in [5, 5.41) is 0. The van der Waals surface area contributed by atoms with Crippen molar-refractivity contribution in [2.75, 3.05) is 6.61 Å². The fourth-order valence-corrected chi connectivity index (χ4v) is 2.87. The van der Waals surface area contributed by atoms with Crippen LogP contribution < -0.4 is 0 Å². The Morgan fingerprint density at radius 2 is 2.38 bits per heavy atom. The van der Waals surface area contributed by atoms with Gasteiger partial charge in [-0.2, -0.15) is 0 Å². The Balaban J connectivity index is 1.91. The van der Waals surface area contributed by atoms with E-state index in [1.807, 2.05) is 18.5 Å². The molecule has 0 saturated carbocycles. The van der Waals surface area contributed by atoms with E-state index in [-0.39, 0.29) is 6.10 Å². The van der Waals surface area contributed by atoms with E-state index in [1.54, 1.807) is 0 Å². The van der Waals surface area contributed by atoms with Crippen molar-refractivity contribution < 1.29 is 4.74 Å². The number of rotatable bonds is 1. The van der Waals surface area contributed by atoms with Crippen LogP contribution in [-0.2, 0) is 4.74 Å². The Morgan fingerprint density at radius 3 is 3.19 bits per heavy atom. The first kappa shape index (κ1) is 10.0. The maximum Gasteiger partial charge on any atom is 0.0905 e. The van der Waals surface area contributed by atoms with Gasteiger partial charge in [0.05, 0.1) is 12.7 Å². The molecule has 16 heavy (non-hydrogen) atoms. The highest BCUT2D eigenvalue weighted by atomic mass is 16.5. The van der Waals surface area contributed by atoms with E-state index in [0.29, 0.717) is 5.92 Å². The molecule has 0 aromatic carbocycles. The summed E-state index contributed by atoms with van der Waals surface area (Å²) in [5.74, 6) is 1.30. The minimum absolute atomic E-state index is 0.224. The second-order valence-electron chi connectivity index (χ2n) is 4.93. The van der Waals surface area contributed by atoms with Gasteiger partial charge in [0, 0.05) is 18.3 Å². The molecule has 2 heteroatoms. The molecule has 2 aliphatic rings. The highest BCUT2D eigenvalue weighted by molar-refractivity contribution is 5.21. The minimum atomic E-state index is 0.224. The van der Waals surface area contributed by atoms with Gasteiger partial charge in [0.1, 0.15) is 0 Å². The first-order valence-electron chi connectivity index (χ1n) is 6.03. The summed E-state index contributed by atoms with van der Waals surface area (Å²) in [6.07, 6.45) is 8.85. The highest BCUT2D eigenvalue weighted by Gasteiger charge is 2.35. The number of fused-ring (bicyclic) bond motifs is 2. The minimum Gasteiger partial charge on any atom is -0.373 e. The molecule has 3 rings (SSSR count). The van der Waals surface area contributed by atoms with Crippen LogP contribution in [0.3, 0.4) is 0 Å². The molecule has 1 aromatic rings. The van der Waals surface area contributed by atoms with Crippen molar-refractivity contribution in [1.82, 2.24) is 4.98 Å². The normalized spacial score (nSPS) is 33.3. The molecule has 3 atom stereocenters. The van der Waals surface area contributed by atoms with Crippen molar-refractivity contribution in [3.8, 4) is 0 Å². The van der Waals surface area contributed by atoms with Gasteiger partial charge in [-0.25, -0.2) is 0 Å². The molecule has 1 aromatic heterocycles. The first-order chi connectivity index (χ1) is 7.84. The lowest BCUT2D eigenvalue weighted by Gasteiger charge is -2.39. The van der Waals surface area contributed by atoms with Crippen LogP contribution in [0.5, 0.6) is 0 Å². The summed E-state index contributed by atoms with van der Waals surface area (Å²) in [7, 11) is 0. The highest BCUT2D eigenvalue weighted by Crippen LogP contribution is 2.43. The smallest absolute Gasteiger partial charge is 0.0905 e.